The molecule has 0 saturated carbocycles. The summed E-state index contributed by atoms with van der Waals surface area (Å²) in [5.74, 6) is 0. The van der Waals surface area contributed by atoms with Crippen LogP contribution < -0.4 is 10.5 Å². The maximum Gasteiger partial charge on any atom is 0.240 e. The van der Waals surface area contributed by atoms with Crippen LogP contribution in [0.15, 0.2) is 23.1 Å². The number of sulfonamides is 1. The first-order valence-corrected chi connectivity index (χ1v) is 7.51. The van der Waals surface area contributed by atoms with Gasteiger partial charge in [0.05, 0.1) is 21.7 Å². The van der Waals surface area contributed by atoms with Crippen molar-refractivity contribution in [2.45, 2.75) is 23.8 Å². The Morgan fingerprint density at radius 1 is 1.50 bits per heavy atom. The van der Waals surface area contributed by atoms with Gasteiger partial charge in [-0.2, -0.15) is 0 Å². The summed E-state index contributed by atoms with van der Waals surface area (Å²) in [7, 11) is -3.56. The zero-order chi connectivity index (χ0) is 13.2. The number of rotatable bonds is 4. The Kier molecular flexibility index (Phi) is 4.11. The molecule has 3 N–H and O–H groups in total. The molecule has 1 heterocycles. The second-order valence-corrected chi connectivity index (χ2v) is 6.34. The van der Waals surface area contributed by atoms with E-state index in [4.69, 9.17) is 22.1 Å². The summed E-state index contributed by atoms with van der Waals surface area (Å²) >= 11 is 5.75. The van der Waals surface area contributed by atoms with Crippen molar-refractivity contribution in [2.75, 3.05) is 18.9 Å². The third kappa shape index (κ3) is 3.14. The highest BCUT2D eigenvalue weighted by Crippen LogP contribution is 2.22. The minimum absolute atomic E-state index is 0.0376. The normalized spacial score (nSPS) is 20.2. The Balaban J connectivity index is 2.07. The van der Waals surface area contributed by atoms with Crippen LogP contribution in [0.4, 0.5) is 5.69 Å². The van der Waals surface area contributed by atoms with Crippen molar-refractivity contribution in [1.82, 2.24) is 4.72 Å². The van der Waals surface area contributed by atoms with Crippen LogP contribution >= 0.6 is 11.6 Å². The average molecular weight is 291 g/mol. The third-order valence-electron chi connectivity index (χ3n) is 2.80. The second kappa shape index (κ2) is 5.44. The molecule has 0 bridgehead atoms. The van der Waals surface area contributed by atoms with Crippen molar-refractivity contribution in [3.05, 3.63) is 23.2 Å². The van der Waals surface area contributed by atoms with Crippen LogP contribution in [-0.4, -0.2) is 27.7 Å². The van der Waals surface area contributed by atoms with Crippen LogP contribution in [0.25, 0.3) is 0 Å². The smallest absolute Gasteiger partial charge is 0.240 e. The summed E-state index contributed by atoms with van der Waals surface area (Å²) in [6.07, 6.45) is 1.82. The van der Waals surface area contributed by atoms with Crippen LogP contribution in [0.1, 0.15) is 12.8 Å². The van der Waals surface area contributed by atoms with Gasteiger partial charge < -0.3 is 10.5 Å². The van der Waals surface area contributed by atoms with E-state index in [1.807, 2.05) is 0 Å². The minimum atomic E-state index is -3.56. The molecule has 1 aromatic carbocycles. The Morgan fingerprint density at radius 3 is 2.89 bits per heavy atom. The van der Waals surface area contributed by atoms with Gasteiger partial charge in [-0.1, -0.05) is 11.6 Å². The molecule has 1 fully saturated rings. The van der Waals surface area contributed by atoms with E-state index in [1.165, 1.54) is 18.2 Å². The minimum Gasteiger partial charge on any atom is -0.397 e. The van der Waals surface area contributed by atoms with E-state index in [-0.39, 0.29) is 23.2 Å². The topological polar surface area (TPSA) is 81.4 Å². The first-order valence-electron chi connectivity index (χ1n) is 5.65. The number of anilines is 1. The molecule has 100 valence electrons. The van der Waals surface area contributed by atoms with E-state index in [1.54, 1.807) is 0 Å². The lowest BCUT2D eigenvalue weighted by Gasteiger charge is -2.11. The van der Waals surface area contributed by atoms with Gasteiger partial charge >= 0.3 is 0 Å². The first-order chi connectivity index (χ1) is 8.49. The summed E-state index contributed by atoms with van der Waals surface area (Å²) in [6, 6.07) is 4.24. The van der Waals surface area contributed by atoms with Gasteiger partial charge in [0.1, 0.15) is 0 Å². The number of halogens is 1. The fourth-order valence-electron chi connectivity index (χ4n) is 1.78. The van der Waals surface area contributed by atoms with E-state index in [9.17, 15) is 8.42 Å². The van der Waals surface area contributed by atoms with E-state index in [0.29, 0.717) is 11.6 Å². The van der Waals surface area contributed by atoms with Gasteiger partial charge in [0.15, 0.2) is 0 Å². The van der Waals surface area contributed by atoms with Gasteiger partial charge in [-0.15, -0.1) is 0 Å². The quantitative estimate of drug-likeness (QED) is 0.821. The van der Waals surface area contributed by atoms with Crippen LogP contribution in [-0.2, 0) is 14.8 Å². The third-order valence-corrected chi connectivity index (χ3v) is 4.57. The molecular weight excluding hydrogens is 276 g/mol. The summed E-state index contributed by atoms with van der Waals surface area (Å²) in [6.45, 7) is 0.977. The lowest BCUT2D eigenvalue weighted by Crippen LogP contribution is -2.31. The first kappa shape index (κ1) is 13.6. The van der Waals surface area contributed by atoms with Gasteiger partial charge in [0, 0.05) is 13.2 Å². The second-order valence-electron chi connectivity index (χ2n) is 4.17. The van der Waals surface area contributed by atoms with Crippen molar-refractivity contribution in [3.8, 4) is 0 Å². The number of hydrogen-bond donors (Lipinski definition) is 2. The van der Waals surface area contributed by atoms with E-state index in [0.717, 1.165) is 12.8 Å². The summed E-state index contributed by atoms with van der Waals surface area (Å²) in [5.41, 5.74) is 5.83. The Labute approximate surface area is 111 Å². The number of nitrogens with two attached hydrogens (primary N) is 1. The molecule has 0 aromatic heterocycles. The maximum atomic E-state index is 12.0. The molecular formula is C11H15ClN2O3S. The zero-order valence-corrected chi connectivity index (χ0v) is 11.3. The van der Waals surface area contributed by atoms with E-state index in [2.05, 4.69) is 4.72 Å². The molecule has 1 aliphatic rings. The van der Waals surface area contributed by atoms with E-state index < -0.39 is 10.0 Å². The highest BCUT2D eigenvalue weighted by Gasteiger charge is 2.20. The van der Waals surface area contributed by atoms with Gasteiger partial charge in [-0.3, -0.25) is 0 Å². The number of benzene rings is 1. The predicted molar refractivity (Wildman–Crippen MR) is 70.0 cm³/mol. The molecule has 1 atom stereocenters. The highest BCUT2D eigenvalue weighted by molar-refractivity contribution is 7.89. The number of nitrogen functional groups attached to an aromatic ring is 1. The van der Waals surface area contributed by atoms with Gasteiger partial charge in [-0.05, 0) is 31.0 Å². The SMILES string of the molecule is Nc1cc(S(=O)(=O)NCC2CCCO2)ccc1Cl. The molecule has 18 heavy (non-hydrogen) atoms. The van der Waals surface area contributed by atoms with E-state index >= 15 is 0 Å². The fraction of sp³-hybridized carbons (Fsp3) is 0.455. The fourth-order valence-corrected chi connectivity index (χ4v) is 3.00. The van der Waals surface area contributed by atoms with Crippen molar-refractivity contribution in [3.63, 3.8) is 0 Å². The Morgan fingerprint density at radius 2 is 2.28 bits per heavy atom. The number of hydrogen-bond acceptors (Lipinski definition) is 4. The zero-order valence-electron chi connectivity index (χ0n) is 9.73. The molecule has 0 radical (unpaired) electrons. The lowest BCUT2D eigenvalue weighted by atomic mass is 10.2. The molecule has 7 heteroatoms. The lowest BCUT2D eigenvalue weighted by molar-refractivity contribution is 0.114. The van der Waals surface area contributed by atoms with Crippen LogP contribution in [0, 0.1) is 0 Å². The summed E-state index contributed by atoms with van der Waals surface area (Å²) < 4.78 is 31.8. The van der Waals surface area contributed by atoms with Crippen LogP contribution in [0.2, 0.25) is 5.02 Å². The Hall–Kier alpha value is -0.820. The summed E-state index contributed by atoms with van der Waals surface area (Å²) in [5, 5.41) is 0.341. The molecule has 1 aliphatic heterocycles. The molecule has 1 aromatic rings. The van der Waals surface area contributed by atoms with Crippen molar-refractivity contribution in [1.29, 1.82) is 0 Å². The van der Waals surface area contributed by atoms with Crippen molar-refractivity contribution >= 4 is 27.3 Å². The Bertz CT molecular complexity index is 527. The monoisotopic (exact) mass is 290 g/mol. The largest absolute Gasteiger partial charge is 0.397 e. The van der Waals surface area contributed by atoms with Crippen molar-refractivity contribution < 1.29 is 13.2 Å². The van der Waals surface area contributed by atoms with Crippen LogP contribution in [0.3, 0.4) is 0 Å². The molecule has 2 rings (SSSR count). The number of nitrogens with one attached hydrogen (secondary N) is 1. The molecule has 0 spiro atoms. The molecule has 5 nitrogen and oxygen atoms in total. The maximum absolute atomic E-state index is 12.0. The molecule has 1 unspecified atom stereocenters. The van der Waals surface area contributed by atoms with Gasteiger partial charge in [0.25, 0.3) is 0 Å². The van der Waals surface area contributed by atoms with Gasteiger partial charge in [-0.25, -0.2) is 13.1 Å². The predicted octanol–water partition coefficient (Wildman–Crippen LogP) is 1.38. The van der Waals surface area contributed by atoms with Crippen LogP contribution in [0.5, 0.6) is 0 Å². The van der Waals surface area contributed by atoms with Gasteiger partial charge in [0.2, 0.25) is 10.0 Å². The molecule has 0 amide bonds. The molecule has 0 aliphatic carbocycles. The number of ether oxygens (including phenoxy) is 1. The molecule has 1 saturated heterocycles. The van der Waals surface area contributed by atoms with Crippen molar-refractivity contribution in [2.24, 2.45) is 0 Å². The summed E-state index contributed by atoms with van der Waals surface area (Å²) in [4.78, 5) is 0.113. The average Bonchev–Trinajstić information content (AvgIpc) is 2.83. The standard InChI is InChI=1S/C11H15ClN2O3S/c12-10-4-3-9(6-11(10)13)18(15,16)14-7-8-2-1-5-17-8/h3-4,6,8,14H,1-2,5,7,13H2. The highest BCUT2D eigenvalue weighted by atomic mass is 35.5.